The van der Waals surface area contributed by atoms with Crippen molar-refractivity contribution in [2.45, 2.75) is 13.8 Å². The molecule has 0 saturated heterocycles. The van der Waals surface area contributed by atoms with Crippen molar-refractivity contribution in [3.8, 4) is 0 Å². The Labute approximate surface area is 140 Å². The van der Waals surface area contributed by atoms with Gasteiger partial charge in [0.15, 0.2) is 0 Å². The molecule has 2 aromatic carbocycles. The fraction of sp³-hybridized carbons (Fsp3) is 0.118. The lowest BCUT2D eigenvalue weighted by atomic mass is 10.1. The first-order valence-corrected chi connectivity index (χ1v) is 8.85. The molecule has 0 radical (unpaired) electrons. The largest absolute Gasteiger partial charge is 0.339 e. The molecule has 0 bridgehead atoms. The summed E-state index contributed by atoms with van der Waals surface area (Å²) in [6.45, 7) is 3.67. The van der Waals surface area contributed by atoms with E-state index in [1.54, 1.807) is 43.3 Å². The number of hydrogen-bond donors (Lipinski definition) is 1. The summed E-state index contributed by atoms with van der Waals surface area (Å²) in [5.74, 6) is 0.328. The van der Waals surface area contributed by atoms with Gasteiger partial charge in [0.2, 0.25) is 0 Å². The van der Waals surface area contributed by atoms with Crippen molar-refractivity contribution in [3.05, 3.63) is 70.3 Å². The van der Waals surface area contributed by atoms with Crippen LogP contribution in [0.3, 0.4) is 0 Å². The molecule has 0 atom stereocenters. The van der Waals surface area contributed by atoms with Crippen molar-refractivity contribution in [1.82, 2.24) is 0 Å². The van der Waals surface area contributed by atoms with E-state index in [1.807, 2.05) is 19.1 Å². The molecule has 0 spiro atoms. The third-order valence-electron chi connectivity index (χ3n) is 3.65. The van der Waals surface area contributed by atoms with Gasteiger partial charge in [0.1, 0.15) is 10.7 Å². The maximum atomic E-state index is 12.4. The number of nitrogens with zero attached hydrogens (tertiary/aromatic N) is 1. The first-order chi connectivity index (χ1) is 10.9. The number of anilines is 1. The Balaban J connectivity index is 2.05. The number of aryl methyl sites for hydroxylation is 1. The van der Waals surface area contributed by atoms with Gasteiger partial charge in [-0.25, -0.2) is 0 Å². The summed E-state index contributed by atoms with van der Waals surface area (Å²) in [7, 11) is -3.71. The Hall–Kier alpha value is -2.11. The zero-order chi connectivity index (χ0) is 16.6. The van der Waals surface area contributed by atoms with Crippen LogP contribution in [0.1, 0.15) is 18.1 Å². The standard InChI is InChI=1S/C17H15ClN2O2S/c1-11-8-9-14(18)10-15(11)19-17-12(2)16(23(21,22)20-17)13-6-4-3-5-7-13/h3-10H,1-2H3,(H,19,20). The van der Waals surface area contributed by atoms with E-state index in [2.05, 4.69) is 9.71 Å². The highest BCUT2D eigenvalue weighted by Gasteiger charge is 2.31. The van der Waals surface area contributed by atoms with Crippen LogP contribution in [0.15, 0.2) is 58.5 Å². The summed E-state index contributed by atoms with van der Waals surface area (Å²) in [5.41, 5.74) is 2.92. The smallest absolute Gasteiger partial charge is 0.285 e. The normalized spacial score (nSPS) is 16.4. The minimum Gasteiger partial charge on any atom is -0.339 e. The van der Waals surface area contributed by atoms with Crippen LogP contribution in [0.4, 0.5) is 5.69 Å². The average Bonchev–Trinajstić information content (AvgIpc) is 2.73. The first-order valence-electron chi connectivity index (χ1n) is 7.03. The van der Waals surface area contributed by atoms with E-state index in [1.165, 1.54) is 0 Å². The molecule has 118 valence electrons. The van der Waals surface area contributed by atoms with Crippen LogP contribution in [0.25, 0.3) is 4.91 Å². The summed E-state index contributed by atoms with van der Waals surface area (Å²) >= 11 is 6.01. The fourth-order valence-corrected chi connectivity index (χ4v) is 4.07. The van der Waals surface area contributed by atoms with Gasteiger partial charge in [-0.1, -0.05) is 48.0 Å². The predicted octanol–water partition coefficient (Wildman–Crippen LogP) is 4.23. The summed E-state index contributed by atoms with van der Waals surface area (Å²) in [4.78, 5) is 0.236. The minimum absolute atomic E-state index is 0.236. The van der Waals surface area contributed by atoms with E-state index in [-0.39, 0.29) is 4.91 Å². The van der Waals surface area contributed by atoms with Crippen molar-refractivity contribution in [2.75, 3.05) is 5.32 Å². The van der Waals surface area contributed by atoms with Crippen LogP contribution in [0.5, 0.6) is 0 Å². The molecule has 0 aromatic heterocycles. The molecule has 1 aliphatic heterocycles. The molecule has 0 unspecified atom stereocenters. The van der Waals surface area contributed by atoms with Gasteiger partial charge in [0.05, 0.1) is 0 Å². The Morgan fingerprint density at radius 2 is 1.74 bits per heavy atom. The average molecular weight is 347 g/mol. The number of benzene rings is 2. The van der Waals surface area contributed by atoms with Crippen molar-refractivity contribution in [3.63, 3.8) is 0 Å². The van der Waals surface area contributed by atoms with Gasteiger partial charge in [-0.3, -0.25) is 0 Å². The van der Waals surface area contributed by atoms with Gasteiger partial charge >= 0.3 is 0 Å². The maximum Gasteiger partial charge on any atom is 0.285 e. The van der Waals surface area contributed by atoms with Gasteiger partial charge in [-0.05, 0) is 37.1 Å². The molecular formula is C17H15ClN2O2S. The number of rotatable bonds is 2. The zero-order valence-electron chi connectivity index (χ0n) is 12.7. The number of amidine groups is 1. The molecular weight excluding hydrogens is 332 g/mol. The Morgan fingerprint density at radius 1 is 1.04 bits per heavy atom. The Bertz CT molecular complexity index is 932. The highest BCUT2D eigenvalue weighted by Crippen LogP contribution is 2.33. The summed E-state index contributed by atoms with van der Waals surface area (Å²) in [6, 6.07) is 14.4. The van der Waals surface area contributed by atoms with E-state index in [0.29, 0.717) is 22.0 Å². The van der Waals surface area contributed by atoms with Crippen molar-refractivity contribution < 1.29 is 8.42 Å². The Morgan fingerprint density at radius 3 is 2.43 bits per heavy atom. The second kappa shape index (κ2) is 5.83. The van der Waals surface area contributed by atoms with Gasteiger partial charge < -0.3 is 5.32 Å². The highest BCUT2D eigenvalue weighted by atomic mass is 35.5. The second-order valence-corrected chi connectivity index (χ2v) is 7.30. The van der Waals surface area contributed by atoms with Crippen LogP contribution >= 0.6 is 11.6 Å². The number of hydrogen-bond acceptors (Lipinski definition) is 3. The third kappa shape index (κ3) is 3.02. The van der Waals surface area contributed by atoms with Crippen LogP contribution in [-0.2, 0) is 10.0 Å². The van der Waals surface area contributed by atoms with Gasteiger partial charge in [-0.15, -0.1) is 4.40 Å². The van der Waals surface area contributed by atoms with Gasteiger partial charge in [0.25, 0.3) is 10.0 Å². The van der Waals surface area contributed by atoms with Crippen LogP contribution < -0.4 is 5.32 Å². The molecule has 1 aliphatic rings. The SMILES string of the molecule is CC1=C(c2ccccc2)S(=O)(=O)N=C1Nc1cc(Cl)ccc1C. The monoisotopic (exact) mass is 346 g/mol. The second-order valence-electron chi connectivity index (χ2n) is 5.32. The molecule has 6 heteroatoms. The van der Waals surface area contributed by atoms with Crippen LogP contribution in [0.2, 0.25) is 5.02 Å². The van der Waals surface area contributed by atoms with E-state index in [9.17, 15) is 8.42 Å². The first kappa shape index (κ1) is 15.8. The predicted molar refractivity (Wildman–Crippen MR) is 95.2 cm³/mol. The van der Waals surface area contributed by atoms with Gasteiger partial charge in [0, 0.05) is 16.3 Å². The Kier molecular flexibility index (Phi) is 4.00. The maximum absolute atomic E-state index is 12.4. The lowest BCUT2D eigenvalue weighted by molar-refractivity contribution is 0.608. The van der Waals surface area contributed by atoms with E-state index in [4.69, 9.17) is 11.6 Å². The van der Waals surface area contributed by atoms with E-state index in [0.717, 1.165) is 11.3 Å². The van der Waals surface area contributed by atoms with E-state index < -0.39 is 10.0 Å². The molecule has 3 rings (SSSR count). The van der Waals surface area contributed by atoms with Crippen molar-refractivity contribution in [1.29, 1.82) is 0 Å². The number of sulfonamides is 1. The number of halogens is 1. The van der Waals surface area contributed by atoms with Gasteiger partial charge in [-0.2, -0.15) is 8.42 Å². The fourth-order valence-electron chi connectivity index (χ4n) is 2.46. The molecule has 0 amide bonds. The summed E-state index contributed by atoms with van der Waals surface area (Å²) in [6.07, 6.45) is 0. The zero-order valence-corrected chi connectivity index (χ0v) is 14.2. The van der Waals surface area contributed by atoms with E-state index >= 15 is 0 Å². The number of nitrogens with one attached hydrogen (secondary N) is 1. The van der Waals surface area contributed by atoms with Crippen LogP contribution in [-0.4, -0.2) is 14.3 Å². The highest BCUT2D eigenvalue weighted by molar-refractivity contribution is 8.00. The van der Waals surface area contributed by atoms with Crippen molar-refractivity contribution >= 4 is 38.1 Å². The summed E-state index contributed by atoms with van der Waals surface area (Å²) in [5, 5.41) is 3.66. The topological polar surface area (TPSA) is 58.5 Å². The molecule has 1 N–H and O–H groups in total. The molecule has 4 nitrogen and oxygen atoms in total. The molecule has 2 aromatic rings. The molecule has 23 heavy (non-hydrogen) atoms. The molecule has 0 fully saturated rings. The summed E-state index contributed by atoms with van der Waals surface area (Å²) < 4.78 is 28.7. The molecule has 1 heterocycles. The van der Waals surface area contributed by atoms with Crippen molar-refractivity contribution in [2.24, 2.45) is 4.40 Å². The third-order valence-corrected chi connectivity index (χ3v) is 5.37. The quantitative estimate of drug-likeness (QED) is 0.885. The lowest BCUT2D eigenvalue weighted by Crippen LogP contribution is -2.12. The minimum atomic E-state index is -3.71. The molecule has 0 saturated carbocycles. The lowest BCUT2D eigenvalue weighted by Gasteiger charge is -2.10. The molecule has 0 aliphatic carbocycles. The van der Waals surface area contributed by atoms with Crippen LogP contribution in [0, 0.1) is 6.92 Å².